The number of sulfonamides is 1. The third kappa shape index (κ3) is 3.19. The van der Waals surface area contributed by atoms with E-state index in [4.69, 9.17) is 0 Å². The number of benzene rings is 1. The van der Waals surface area contributed by atoms with Gasteiger partial charge in [0.25, 0.3) is 15.9 Å². The Morgan fingerprint density at radius 3 is 2.52 bits per heavy atom. The molecule has 0 unspecified atom stereocenters. The quantitative estimate of drug-likeness (QED) is 0.797. The molecule has 0 radical (unpaired) electrons. The summed E-state index contributed by atoms with van der Waals surface area (Å²) in [6.07, 6.45) is 5.46. The van der Waals surface area contributed by atoms with Crippen molar-refractivity contribution in [2.45, 2.75) is 37.0 Å². The Bertz CT molecular complexity index is 786. The number of carbonyl (C=O) groups is 1. The number of fused-ring (bicyclic) bond motifs is 1. The zero-order valence-corrected chi connectivity index (χ0v) is 14.6. The van der Waals surface area contributed by atoms with E-state index in [0.717, 1.165) is 30.0 Å². The first-order valence-electron chi connectivity index (χ1n) is 7.70. The molecule has 0 spiro atoms. The van der Waals surface area contributed by atoms with Crippen LogP contribution in [0.2, 0.25) is 0 Å². The minimum absolute atomic E-state index is 0.133. The molecule has 1 aromatic heterocycles. The SMILES string of the molecule is CN(C(=O)c1cc2c(s1)CCCCC2)S(=O)(=O)c1ccccc1. The van der Waals surface area contributed by atoms with Gasteiger partial charge < -0.3 is 0 Å². The lowest BCUT2D eigenvalue weighted by Gasteiger charge is -2.16. The van der Waals surface area contributed by atoms with Gasteiger partial charge in [-0.2, -0.15) is 0 Å². The van der Waals surface area contributed by atoms with Gasteiger partial charge in [-0.15, -0.1) is 11.3 Å². The molecule has 122 valence electrons. The van der Waals surface area contributed by atoms with Crippen LogP contribution in [0, 0.1) is 0 Å². The Morgan fingerprint density at radius 2 is 1.78 bits per heavy atom. The highest BCUT2D eigenvalue weighted by atomic mass is 32.2. The van der Waals surface area contributed by atoms with Crippen LogP contribution in [-0.2, 0) is 22.9 Å². The topological polar surface area (TPSA) is 54.5 Å². The van der Waals surface area contributed by atoms with E-state index >= 15 is 0 Å². The summed E-state index contributed by atoms with van der Waals surface area (Å²) in [7, 11) is -2.48. The lowest BCUT2D eigenvalue weighted by Crippen LogP contribution is -2.32. The van der Waals surface area contributed by atoms with Crippen molar-refractivity contribution in [1.29, 1.82) is 0 Å². The summed E-state index contributed by atoms with van der Waals surface area (Å²) in [4.78, 5) is 14.5. The first-order chi connectivity index (χ1) is 11.0. The molecule has 23 heavy (non-hydrogen) atoms. The van der Waals surface area contributed by atoms with Gasteiger partial charge in [-0.1, -0.05) is 24.6 Å². The van der Waals surface area contributed by atoms with E-state index in [0.29, 0.717) is 4.88 Å². The molecule has 3 rings (SSSR count). The standard InChI is InChI=1S/C17H19NO3S2/c1-18(23(20,21)14-9-5-3-6-10-14)17(19)16-12-13-8-4-2-7-11-15(13)22-16/h3,5-6,9-10,12H,2,4,7-8,11H2,1H3. The van der Waals surface area contributed by atoms with Crippen LogP contribution in [-0.4, -0.2) is 25.7 Å². The smallest absolute Gasteiger partial charge is 0.267 e. The highest BCUT2D eigenvalue weighted by Crippen LogP contribution is 2.30. The molecule has 2 aromatic rings. The minimum atomic E-state index is -3.80. The molecule has 0 saturated heterocycles. The van der Waals surface area contributed by atoms with Crippen molar-refractivity contribution >= 4 is 27.3 Å². The van der Waals surface area contributed by atoms with Crippen LogP contribution in [0.25, 0.3) is 0 Å². The van der Waals surface area contributed by atoms with Crippen LogP contribution in [0.1, 0.15) is 39.4 Å². The van der Waals surface area contributed by atoms with E-state index < -0.39 is 15.9 Å². The number of amides is 1. The normalized spacial score (nSPS) is 14.8. The molecule has 6 heteroatoms. The Morgan fingerprint density at radius 1 is 1.09 bits per heavy atom. The molecule has 0 fully saturated rings. The van der Waals surface area contributed by atoms with Gasteiger partial charge in [0.2, 0.25) is 0 Å². The van der Waals surface area contributed by atoms with Crippen molar-refractivity contribution in [3.05, 3.63) is 51.7 Å². The zero-order valence-electron chi connectivity index (χ0n) is 13.0. The number of hydrogen-bond acceptors (Lipinski definition) is 4. The van der Waals surface area contributed by atoms with Crippen molar-refractivity contribution in [3.63, 3.8) is 0 Å². The number of hydrogen-bond donors (Lipinski definition) is 0. The van der Waals surface area contributed by atoms with Crippen LogP contribution < -0.4 is 0 Å². The van der Waals surface area contributed by atoms with Gasteiger partial charge in [0, 0.05) is 11.9 Å². The Balaban J connectivity index is 1.88. The van der Waals surface area contributed by atoms with Gasteiger partial charge in [-0.3, -0.25) is 4.79 Å². The molecular weight excluding hydrogens is 330 g/mol. The predicted molar refractivity (Wildman–Crippen MR) is 91.3 cm³/mol. The summed E-state index contributed by atoms with van der Waals surface area (Å²) in [6, 6.07) is 9.93. The third-order valence-corrected chi connectivity index (χ3v) is 7.12. The molecule has 1 aliphatic carbocycles. The summed E-state index contributed by atoms with van der Waals surface area (Å²) < 4.78 is 26.0. The Labute approximate surface area is 140 Å². The summed E-state index contributed by atoms with van der Waals surface area (Å²) in [6.45, 7) is 0. The summed E-state index contributed by atoms with van der Waals surface area (Å²) in [5.74, 6) is -0.452. The van der Waals surface area contributed by atoms with Gasteiger partial charge in [0.05, 0.1) is 9.77 Å². The molecule has 0 bridgehead atoms. The molecular formula is C17H19NO3S2. The lowest BCUT2D eigenvalue weighted by molar-refractivity contribution is 0.0887. The highest BCUT2D eigenvalue weighted by Gasteiger charge is 2.28. The summed E-state index contributed by atoms with van der Waals surface area (Å²) in [5, 5.41) is 0. The molecule has 1 heterocycles. The second-order valence-corrected chi connectivity index (χ2v) is 8.82. The average molecular weight is 349 g/mol. The molecule has 0 aliphatic heterocycles. The summed E-state index contributed by atoms with van der Waals surface area (Å²) >= 11 is 1.44. The van der Waals surface area contributed by atoms with E-state index in [1.807, 2.05) is 6.07 Å². The molecule has 0 saturated carbocycles. The van der Waals surface area contributed by atoms with E-state index in [1.165, 1.54) is 47.4 Å². The van der Waals surface area contributed by atoms with Gasteiger partial charge in [-0.05, 0) is 49.4 Å². The van der Waals surface area contributed by atoms with Gasteiger partial charge in [0.15, 0.2) is 0 Å². The van der Waals surface area contributed by atoms with Gasteiger partial charge in [-0.25, -0.2) is 12.7 Å². The van der Waals surface area contributed by atoms with Crippen molar-refractivity contribution in [3.8, 4) is 0 Å². The maximum atomic E-state index is 12.6. The summed E-state index contributed by atoms with van der Waals surface area (Å²) in [5.41, 5.74) is 1.21. The number of rotatable bonds is 3. The predicted octanol–water partition coefficient (Wildman–Crippen LogP) is 3.48. The van der Waals surface area contributed by atoms with Gasteiger partial charge in [0.1, 0.15) is 0 Å². The van der Waals surface area contributed by atoms with Crippen molar-refractivity contribution in [2.24, 2.45) is 0 Å². The third-order valence-electron chi connectivity index (χ3n) is 4.14. The molecule has 0 N–H and O–H groups in total. The second-order valence-electron chi connectivity index (χ2n) is 5.71. The number of carbonyl (C=O) groups excluding carboxylic acids is 1. The molecule has 0 atom stereocenters. The van der Waals surface area contributed by atoms with Crippen LogP contribution >= 0.6 is 11.3 Å². The van der Waals surface area contributed by atoms with Gasteiger partial charge >= 0.3 is 0 Å². The monoisotopic (exact) mass is 349 g/mol. The Kier molecular flexibility index (Phi) is 4.55. The average Bonchev–Trinajstić information content (AvgIpc) is 2.85. The van der Waals surface area contributed by atoms with Crippen LogP contribution in [0.4, 0.5) is 0 Å². The van der Waals surface area contributed by atoms with Crippen LogP contribution in [0.5, 0.6) is 0 Å². The zero-order chi connectivity index (χ0) is 16.4. The van der Waals surface area contributed by atoms with E-state index in [2.05, 4.69) is 0 Å². The second kappa shape index (κ2) is 6.45. The van der Waals surface area contributed by atoms with Crippen LogP contribution in [0.15, 0.2) is 41.3 Å². The Hall–Kier alpha value is -1.66. The van der Waals surface area contributed by atoms with Crippen molar-refractivity contribution in [2.75, 3.05) is 7.05 Å². The van der Waals surface area contributed by atoms with Crippen molar-refractivity contribution < 1.29 is 13.2 Å². The first kappa shape index (κ1) is 16.2. The van der Waals surface area contributed by atoms with E-state index in [1.54, 1.807) is 18.2 Å². The number of aryl methyl sites for hydroxylation is 2. The fourth-order valence-corrected chi connectivity index (χ4v) is 5.21. The minimum Gasteiger partial charge on any atom is -0.267 e. The molecule has 4 nitrogen and oxygen atoms in total. The largest absolute Gasteiger partial charge is 0.277 e. The fourth-order valence-electron chi connectivity index (χ4n) is 2.79. The highest BCUT2D eigenvalue weighted by molar-refractivity contribution is 7.89. The number of nitrogens with zero attached hydrogens (tertiary/aromatic N) is 1. The molecule has 1 amide bonds. The number of thiophene rings is 1. The molecule has 1 aromatic carbocycles. The van der Waals surface area contributed by atoms with E-state index in [-0.39, 0.29) is 4.90 Å². The van der Waals surface area contributed by atoms with E-state index in [9.17, 15) is 13.2 Å². The van der Waals surface area contributed by atoms with Crippen LogP contribution in [0.3, 0.4) is 0 Å². The maximum absolute atomic E-state index is 12.6. The molecule has 1 aliphatic rings. The first-order valence-corrected chi connectivity index (χ1v) is 9.95. The lowest BCUT2D eigenvalue weighted by atomic mass is 10.1. The van der Waals surface area contributed by atoms with Crippen molar-refractivity contribution in [1.82, 2.24) is 4.31 Å². The fraction of sp³-hybridized carbons (Fsp3) is 0.353. The maximum Gasteiger partial charge on any atom is 0.277 e.